The zero-order valence-corrected chi connectivity index (χ0v) is 18.9. The second kappa shape index (κ2) is 8.88. The summed E-state index contributed by atoms with van der Waals surface area (Å²) in [4.78, 5) is 42.2. The number of pyridine rings is 2. The Morgan fingerprint density at radius 2 is 1.82 bits per heavy atom. The van der Waals surface area contributed by atoms with Gasteiger partial charge in [-0.05, 0) is 55.0 Å². The summed E-state index contributed by atoms with van der Waals surface area (Å²) in [6, 6.07) is 15.5. The van der Waals surface area contributed by atoms with Crippen LogP contribution in [0, 0.1) is 6.92 Å². The molecule has 0 fully saturated rings. The smallest absolute Gasteiger partial charge is 0.340 e. The highest BCUT2D eigenvalue weighted by Gasteiger charge is 2.23. The molecule has 1 amide bonds. The standard InChI is InChI=1S/C25H20ClN3O4/c1-14-21(25(32)33-3)22(16-5-4-6-17(26)13-16)23-20(27-14)11-12-29(24(23)31)19-9-7-18(8-10-19)28-15(2)30/h4-13H,1-3H3,(H,28,30). The van der Waals surface area contributed by atoms with E-state index in [1.54, 1.807) is 67.7 Å². The van der Waals surface area contributed by atoms with E-state index in [1.165, 1.54) is 18.6 Å². The fourth-order valence-corrected chi connectivity index (χ4v) is 3.98. The van der Waals surface area contributed by atoms with Gasteiger partial charge < -0.3 is 10.1 Å². The van der Waals surface area contributed by atoms with Crippen molar-refractivity contribution in [1.29, 1.82) is 0 Å². The van der Waals surface area contributed by atoms with Crippen LogP contribution >= 0.6 is 11.6 Å². The summed E-state index contributed by atoms with van der Waals surface area (Å²) in [5.41, 5.74) is 2.98. The molecule has 0 bridgehead atoms. The summed E-state index contributed by atoms with van der Waals surface area (Å²) in [7, 11) is 1.29. The lowest BCUT2D eigenvalue weighted by Gasteiger charge is -2.16. The van der Waals surface area contributed by atoms with Crippen LogP contribution in [-0.4, -0.2) is 28.5 Å². The second-order valence-electron chi connectivity index (χ2n) is 7.43. The Morgan fingerprint density at radius 1 is 1.09 bits per heavy atom. The third kappa shape index (κ3) is 4.23. The fraction of sp³-hybridized carbons (Fsp3) is 0.120. The van der Waals surface area contributed by atoms with Crippen LogP contribution in [0.5, 0.6) is 0 Å². The van der Waals surface area contributed by atoms with E-state index in [0.717, 1.165) is 0 Å². The highest BCUT2D eigenvalue weighted by Crippen LogP contribution is 2.33. The van der Waals surface area contributed by atoms with Crippen LogP contribution in [0.4, 0.5) is 5.69 Å². The lowest BCUT2D eigenvalue weighted by Crippen LogP contribution is -2.21. The van der Waals surface area contributed by atoms with Crippen molar-refractivity contribution in [3.63, 3.8) is 0 Å². The van der Waals surface area contributed by atoms with Gasteiger partial charge in [0.1, 0.15) is 0 Å². The molecular weight excluding hydrogens is 442 g/mol. The number of methoxy groups -OCH3 is 1. The number of halogens is 1. The number of fused-ring (bicyclic) bond motifs is 1. The largest absolute Gasteiger partial charge is 0.465 e. The summed E-state index contributed by atoms with van der Waals surface area (Å²) >= 11 is 6.22. The zero-order chi connectivity index (χ0) is 23.7. The van der Waals surface area contributed by atoms with E-state index in [0.29, 0.717) is 38.7 Å². The number of hydrogen-bond donors (Lipinski definition) is 1. The van der Waals surface area contributed by atoms with Gasteiger partial charge in [-0.2, -0.15) is 0 Å². The number of amides is 1. The second-order valence-corrected chi connectivity index (χ2v) is 7.86. The number of hydrogen-bond acceptors (Lipinski definition) is 5. The molecule has 33 heavy (non-hydrogen) atoms. The lowest BCUT2D eigenvalue weighted by molar-refractivity contribution is -0.114. The number of nitrogens with zero attached hydrogens (tertiary/aromatic N) is 2. The van der Waals surface area contributed by atoms with Gasteiger partial charge in [-0.25, -0.2) is 4.79 Å². The molecule has 0 saturated carbocycles. The number of esters is 1. The minimum absolute atomic E-state index is 0.187. The molecule has 4 rings (SSSR count). The van der Waals surface area contributed by atoms with Crippen molar-refractivity contribution in [2.24, 2.45) is 0 Å². The van der Waals surface area contributed by atoms with Gasteiger partial charge in [0.25, 0.3) is 5.56 Å². The molecule has 2 aromatic carbocycles. The molecule has 2 heterocycles. The Balaban J connectivity index is 2.03. The Labute approximate surface area is 194 Å². The molecule has 2 aromatic heterocycles. The summed E-state index contributed by atoms with van der Waals surface area (Å²) in [5, 5.41) is 3.44. The number of ether oxygens (including phenoxy) is 1. The Morgan fingerprint density at radius 3 is 2.45 bits per heavy atom. The number of rotatable bonds is 4. The predicted molar refractivity (Wildman–Crippen MR) is 128 cm³/mol. The minimum atomic E-state index is -0.591. The number of carbonyl (C=O) groups is 2. The van der Waals surface area contributed by atoms with Crippen LogP contribution in [0.1, 0.15) is 23.0 Å². The normalized spacial score (nSPS) is 10.8. The molecule has 0 radical (unpaired) electrons. The molecule has 0 atom stereocenters. The van der Waals surface area contributed by atoms with Crippen molar-refractivity contribution < 1.29 is 14.3 Å². The van der Waals surface area contributed by atoms with Gasteiger partial charge in [-0.1, -0.05) is 23.7 Å². The van der Waals surface area contributed by atoms with E-state index in [-0.39, 0.29) is 22.4 Å². The van der Waals surface area contributed by atoms with E-state index in [9.17, 15) is 14.4 Å². The average molecular weight is 462 g/mol. The molecule has 0 unspecified atom stereocenters. The molecule has 0 spiro atoms. The molecule has 166 valence electrons. The Bertz CT molecular complexity index is 1460. The van der Waals surface area contributed by atoms with E-state index >= 15 is 0 Å². The van der Waals surface area contributed by atoms with Crippen molar-refractivity contribution >= 4 is 40.1 Å². The van der Waals surface area contributed by atoms with Crippen LogP contribution in [0.25, 0.3) is 27.7 Å². The third-order valence-electron chi connectivity index (χ3n) is 5.19. The number of aromatic nitrogens is 2. The van der Waals surface area contributed by atoms with Crippen molar-refractivity contribution in [2.75, 3.05) is 12.4 Å². The van der Waals surface area contributed by atoms with Gasteiger partial charge in [0.15, 0.2) is 0 Å². The highest BCUT2D eigenvalue weighted by molar-refractivity contribution is 6.31. The number of carbonyl (C=O) groups excluding carboxylic acids is 2. The van der Waals surface area contributed by atoms with Crippen molar-refractivity contribution in [1.82, 2.24) is 9.55 Å². The monoisotopic (exact) mass is 461 g/mol. The number of aryl methyl sites for hydroxylation is 1. The molecule has 0 saturated heterocycles. The fourth-order valence-electron chi connectivity index (χ4n) is 3.79. The molecule has 0 aliphatic heterocycles. The summed E-state index contributed by atoms with van der Waals surface area (Å²) in [5.74, 6) is -0.778. The van der Waals surface area contributed by atoms with Gasteiger partial charge in [0, 0.05) is 35.1 Å². The SMILES string of the molecule is COC(=O)c1c(C)nc2ccn(-c3ccc(NC(C)=O)cc3)c(=O)c2c1-c1cccc(Cl)c1. The number of benzene rings is 2. The summed E-state index contributed by atoms with van der Waals surface area (Å²) < 4.78 is 6.47. The van der Waals surface area contributed by atoms with Crippen molar-refractivity contribution in [3.05, 3.63) is 87.4 Å². The van der Waals surface area contributed by atoms with Gasteiger partial charge in [-0.15, -0.1) is 0 Å². The molecule has 1 N–H and O–H groups in total. The maximum atomic E-state index is 13.7. The van der Waals surface area contributed by atoms with Crippen LogP contribution < -0.4 is 10.9 Å². The zero-order valence-electron chi connectivity index (χ0n) is 18.2. The first-order valence-corrected chi connectivity index (χ1v) is 10.5. The molecule has 0 aliphatic rings. The lowest BCUT2D eigenvalue weighted by atomic mass is 9.95. The Kier molecular flexibility index (Phi) is 5.98. The topological polar surface area (TPSA) is 90.3 Å². The van der Waals surface area contributed by atoms with Gasteiger partial charge in [-0.3, -0.25) is 19.1 Å². The third-order valence-corrected chi connectivity index (χ3v) is 5.42. The first-order chi connectivity index (χ1) is 15.8. The quantitative estimate of drug-likeness (QED) is 0.442. The van der Waals surface area contributed by atoms with Crippen molar-refractivity contribution in [3.8, 4) is 16.8 Å². The van der Waals surface area contributed by atoms with Gasteiger partial charge in [0.2, 0.25) is 5.91 Å². The minimum Gasteiger partial charge on any atom is -0.465 e. The predicted octanol–water partition coefficient (Wildman–Crippen LogP) is 4.76. The molecule has 4 aromatic rings. The van der Waals surface area contributed by atoms with E-state index < -0.39 is 5.97 Å². The molecule has 8 heteroatoms. The van der Waals surface area contributed by atoms with Gasteiger partial charge in [0.05, 0.1) is 29.3 Å². The first-order valence-electron chi connectivity index (χ1n) is 10.1. The van der Waals surface area contributed by atoms with E-state index in [2.05, 4.69) is 10.3 Å². The van der Waals surface area contributed by atoms with Crippen LogP contribution in [-0.2, 0) is 9.53 Å². The van der Waals surface area contributed by atoms with E-state index in [1.807, 2.05) is 0 Å². The molecule has 0 aliphatic carbocycles. The Hall–Kier alpha value is -3.97. The van der Waals surface area contributed by atoms with Crippen molar-refractivity contribution in [2.45, 2.75) is 13.8 Å². The first kappa shape index (κ1) is 22.2. The van der Waals surface area contributed by atoms with Crippen LogP contribution in [0.3, 0.4) is 0 Å². The summed E-state index contributed by atoms with van der Waals surface area (Å²) in [6.45, 7) is 3.12. The van der Waals surface area contributed by atoms with E-state index in [4.69, 9.17) is 16.3 Å². The summed E-state index contributed by atoms with van der Waals surface area (Å²) in [6.07, 6.45) is 1.63. The average Bonchev–Trinajstić information content (AvgIpc) is 2.78. The van der Waals surface area contributed by atoms with Crippen LogP contribution in [0.15, 0.2) is 65.6 Å². The highest BCUT2D eigenvalue weighted by atomic mass is 35.5. The number of anilines is 1. The van der Waals surface area contributed by atoms with Gasteiger partial charge >= 0.3 is 5.97 Å². The van der Waals surface area contributed by atoms with Crippen LogP contribution in [0.2, 0.25) is 5.02 Å². The maximum Gasteiger partial charge on any atom is 0.340 e. The maximum absolute atomic E-state index is 13.7. The molecule has 7 nitrogen and oxygen atoms in total. The molecular formula is C25H20ClN3O4. The number of nitrogens with one attached hydrogen (secondary N) is 1.